The van der Waals surface area contributed by atoms with Crippen LogP contribution in [-0.4, -0.2) is 15.0 Å². The van der Waals surface area contributed by atoms with Crippen LogP contribution in [0, 0.1) is 0 Å². The van der Waals surface area contributed by atoms with Gasteiger partial charge in [0.25, 0.3) is 0 Å². The van der Waals surface area contributed by atoms with Gasteiger partial charge < -0.3 is 9.15 Å². The molecule has 0 atom stereocenters. The Bertz CT molecular complexity index is 406. The number of benzene rings is 1. The van der Waals surface area contributed by atoms with Gasteiger partial charge in [0.2, 0.25) is 0 Å². The topological polar surface area (TPSA) is 22.4 Å². The van der Waals surface area contributed by atoms with Crippen molar-refractivity contribution in [1.29, 1.82) is 0 Å². The zero-order valence-corrected chi connectivity index (χ0v) is 7.13. The smallest absolute Gasteiger partial charge is 0.186 e. The summed E-state index contributed by atoms with van der Waals surface area (Å²) in [5.41, 5.74) is 1.84. The Morgan fingerprint density at radius 3 is 2.92 bits per heavy atom. The van der Waals surface area contributed by atoms with Gasteiger partial charge in [0, 0.05) is 5.39 Å². The Kier molecular flexibility index (Phi) is 1.57. The maximum atomic E-state index is 5.41. The third-order valence-corrected chi connectivity index (χ3v) is 1.85. The van der Waals surface area contributed by atoms with E-state index in [4.69, 9.17) is 9.15 Å². The van der Waals surface area contributed by atoms with E-state index in [1.807, 2.05) is 32.1 Å². The predicted molar refractivity (Wildman–Crippen MR) is 50.9 cm³/mol. The Balaban J connectivity index is 2.66. The van der Waals surface area contributed by atoms with Crippen LogP contribution in [-0.2, 0) is 0 Å². The van der Waals surface area contributed by atoms with Crippen molar-refractivity contribution in [2.45, 2.75) is 0 Å². The molecule has 1 heterocycles. The molecule has 0 unspecified atom stereocenters. The zero-order chi connectivity index (χ0) is 8.55. The summed E-state index contributed by atoms with van der Waals surface area (Å²) in [6.45, 7) is 0. The van der Waals surface area contributed by atoms with E-state index in [9.17, 15) is 0 Å². The van der Waals surface area contributed by atoms with Crippen LogP contribution in [0.5, 0.6) is 5.75 Å². The SMILES string of the molecule is Bc1cc2cc(OC)ccc2o1. The molecule has 60 valence electrons. The summed E-state index contributed by atoms with van der Waals surface area (Å²) in [5.74, 6) is 0.864. The molecule has 12 heavy (non-hydrogen) atoms. The first kappa shape index (κ1) is 7.28. The Labute approximate surface area is 71.5 Å². The van der Waals surface area contributed by atoms with Crippen LogP contribution >= 0.6 is 0 Å². The summed E-state index contributed by atoms with van der Waals surface area (Å²) in [6.07, 6.45) is 0. The largest absolute Gasteiger partial charge is 0.497 e. The van der Waals surface area contributed by atoms with Gasteiger partial charge in [-0.25, -0.2) is 0 Å². The van der Waals surface area contributed by atoms with Gasteiger partial charge in [0.15, 0.2) is 7.85 Å². The first-order chi connectivity index (χ1) is 5.79. The lowest BCUT2D eigenvalue weighted by molar-refractivity contribution is 0.415. The first-order valence-corrected chi connectivity index (χ1v) is 3.84. The summed E-state index contributed by atoms with van der Waals surface area (Å²) in [4.78, 5) is 0. The standard InChI is InChI=1S/C9H9BO2/c1-11-7-2-3-8-6(4-7)5-9(10)12-8/h2-5H,10H2,1H3. The molecular formula is C9H9BO2. The maximum absolute atomic E-state index is 5.41. The average molecular weight is 160 g/mol. The van der Waals surface area contributed by atoms with E-state index in [1.165, 1.54) is 0 Å². The molecule has 1 aromatic carbocycles. The van der Waals surface area contributed by atoms with Crippen LogP contribution in [0.1, 0.15) is 0 Å². The third kappa shape index (κ3) is 1.07. The van der Waals surface area contributed by atoms with E-state index in [-0.39, 0.29) is 0 Å². The van der Waals surface area contributed by atoms with Crippen LogP contribution in [0.4, 0.5) is 0 Å². The molecule has 0 amide bonds. The van der Waals surface area contributed by atoms with Crippen LogP contribution in [0.25, 0.3) is 11.0 Å². The highest BCUT2D eigenvalue weighted by atomic mass is 16.5. The average Bonchev–Trinajstić information content (AvgIpc) is 2.43. The predicted octanol–water partition coefficient (Wildman–Crippen LogP) is 0.700. The normalized spacial score (nSPS) is 10.4. The van der Waals surface area contributed by atoms with Crippen LogP contribution in [0.2, 0.25) is 0 Å². The van der Waals surface area contributed by atoms with Crippen LogP contribution in [0.15, 0.2) is 28.7 Å². The number of rotatable bonds is 1. The van der Waals surface area contributed by atoms with E-state index in [2.05, 4.69) is 0 Å². The molecule has 0 saturated heterocycles. The minimum absolute atomic E-state index is 0.864. The quantitative estimate of drug-likeness (QED) is 0.573. The molecule has 2 nitrogen and oxygen atoms in total. The highest BCUT2D eigenvalue weighted by Crippen LogP contribution is 2.19. The van der Waals surface area contributed by atoms with Crippen molar-refractivity contribution in [1.82, 2.24) is 0 Å². The lowest BCUT2D eigenvalue weighted by atomic mass is 10.1. The molecule has 0 N–H and O–H groups in total. The van der Waals surface area contributed by atoms with Crippen molar-refractivity contribution < 1.29 is 9.15 Å². The van der Waals surface area contributed by atoms with Crippen molar-refractivity contribution in [3.05, 3.63) is 24.3 Å². The van der Waals surface area contributed by atoms with Gasteiger partial charge in [0.1, 0.15) is 11.3 Å². The first-order valence-electron chi connectivity index (χ1n) is 3.84. The molecule has 2 rings (SSSR count). The number of fused-ring (bicyclic) bond motifs is 1. The highest BCUT2D eigenvalue weighted by molar-refractivity contribution is 6.31. The molecule has 0 aliphatic carbocycles. The Morgan fingerprint density at radius 2 is 2.17 bits per heavy atom. The fourth-order valence-corrected chi connectivity index (χ4v) is 1.28. The van der Waals surface area contributed by atoms with E-state index < -0.39 is 0 Å². The summed E-state index contributed by atoms with van der Waals surface area (Å²) < 4.78 is 10.5. The number of methoxy groups -OCH3 is 1. The number of ether oxygens (including phenoxy) is 1. The summed E-state index contributed by atoms with van der Waals surface area (Å²) >= 11 is 0. The van der Waals surface area contributed by atoms with Gasteiger partial charge in [-0.1, -0.05) is 0 Å². The number of hydrogen-bond acceptors (Lipinski definition) is 2. The van der Waals surface area contributed by atoms with Crippen molar-refractivity contribution in [2.75, 3.05) is 7.11 Å². The number of hydrogen-bond donors (Lipinski definition) is 0. The Hall–Kier alpha value is -1.38. The second-order valence-electron chi connectivity index (χ2n) is 2.76. The van der Waals surface area contributed by atoms with Crippen LogP contribution in [0.3, 0.4) is 0 Å². The third-order valence-electron chi connectivity index (χ3n) is 1.85. The molecule has 0 bridgehead atoms. The second kappa shape index (κ2) is 2.59. The van der Waals surface area contributed by atoms with Crippen molar-refractivity contribution in [3.63, 3.8) is 0 Å². The molecule has 0 spiro atoms. The van der Waals surface area contributed by atoms with Gasteiger partial charge in [0.05, 0.1) is 12.8 Å². The van der Waals surface area contributed by atoms with Crippen molar-refractivity contribution in [3.8, 4) is 5.75 Å². The minimum atomic E-state index is 0.864. The molecule has 1 aromatic heterocycles. The van der Waals surface area contributed by atoms with E-state index in [0.29, 0.717) is 0 Å². The minimum Gasteiger partial charge on any atom is -0.497 e. The van der Waals surface area contributed by atoms with Gasteiger partial charge >= 0.3 is 0 Å². The second-order valence-corrected chi connectivity index (χ2v) is 2.76. The molecule has 0 radical (unpaired) electrons. The van der Waals surface area contributed by atoms with Gasteiger partial charge in [-0.3, -0.25) is 0 Å². The maximum Gasteiger partial charge on any atom is 0.186 e. The molecular weight excluding hydrogens is 151 g/mol. The molecule has 0 aliphatic rings. The van der Waals surface area contributed by atoms with Gasteiger partial charge in [-0.05, 0) is 24.3 Å². The summed E-state index contributed by atoms with van der Waals surface area (Å²) in [5, 5.41) is 1.09. The van der Waals surface area contributed by atoms with E-state index in [0.717, 1.165) is 22.4 Å². The summed E-state index contributed by atoms with van der Waals surface area (Å²) in [6, 6.07) is 7.77. The van der Waals surface area contributed by atoms with E-state index in [1.54, 1.807) is 7.11 Å². The molecule has 0 aliphatic heterocycles. The van der Waals surface area contributed by atoms with Gasteiger partial charge in [-0.15, -0.1) is 0 Å². The molecule has 0 saturated carbocycles. The number of furan rings is 1. The van der Waals surface area contributed by atoms with E-state index >= 15 is 0 Å². The molecule has 3 heteroatoms. The zero-order valence-electron chi connectivity index (χ0n) is 7.13. The fourth-order valence-electron chi connectivity index (χ4n) is 1.28. The molecule has 0 fully saturated rings. The lowest BCUT2D eigenvalue weighted by Crippen LogP contribution is -1.92. The highest BCUT2D eigenvalue weighted by Gasteiger charge is 2.00. The Morgan fingerprint density at radius 1 is 1.33 bits per heavy atom. The lowest BCUT2D eigenvalue weighted by Gasteiger charge is -1.96. The summed E-state index contributed by atoms with van der Waals surface area (Å²) in [7, 11) is 3.60. The van der Waals surface area contributed by atoms with Crippen molar-refractivity contribution >= 4 is 24.5 Å². The van der Waals surface area contributed by atoms with Crippen molar-refractivity contribution in [2.24, 2.45) is 0 Å². The van der Waals surface area contributed by atoms with Gasteiger partial charge in [-0.2, -0.15) is 0 Å². The molecule has 2 aromatic rings. The van der Waals surface area contributed by atoms with Crippen LogP contribution < -0.4 is 10.4 Å². The monoisotopic (exact) mass is 160 g/mol. The fraction of sp³-hybridized carbons (Fsp3) is 0.111.